The van der Waals surface area contributed by atoms with E-state index >= 15 is 0 Å². The average molecular weight is 527 g/mol. The molecule has 0 radical (unpaired) electrons. The van der Waals surface area contributed by atoms with Crippen molar-refractivity contribution >= 4 is 0 Å². The highest BCUT2D eigenvalue weighted by Gasteiger charge is 2.10. The van der Waals surface area contributed by atoms with Crippen molar-refractivity contribution in [2.45, 2.75) is 143 Å². The fourth-order valence-corrected chi connectivity index (χ4v) is 5.02. The van der Waals surface area contributed by atoms with E-state index in [1.54, 1.807) is 12.4 Å². The molecule has 0 aliphatic rings. The fraction of sp³-hybridized carbons (Fsp3) is 0.706. The second kappa shape index (κ2) is 20.9. The standard InChI is InChI=1S/C34H55FN2O/c1-4-6-8-9-10-11-12-13-15-19-30-21-23-31(24-22-30)34-36-27-33(28-37-34)38-26-25-32(35)20-16-18-29(3)17-14-7-5-2/h21-24,27-29,32H,4-20,25-26H2,1-3H3. The summed E-state index contributed by atoms with van der Waals surface area (Å²) in [4.78, 5) is 8.94. The maximum Gasteiger partial charge on any atom is 0.159 e. The van der Waals surface area contributed by atoms with Gasteiger partial charge in [0, 0.05) is 12.0 Å². The Morgan fingerprint density at radius 1 is 0.684 bits per heavy atom. The summed E-state index contributed by atoms with van der Waals surface area (Å²) in [5.74, 6) is 2.01. The van der Waals surface area contributed by atoms with Crippen LogP contribution in [0.5, 0.6) is 5.75 Å². The number of hydrogen-bond donors (Lipinski definition) is 0. The molecular formula is C34H55FN2O. The number of hydrogen-bond acceptors (Lipinski definition) is 3. The number of nitrogens with zero attached hydrogens (tertiary/aromatic N) is 2. The molecule has 0 N–H and O–H groups in total. The van der Waals surface area contributed by atoms with Crippen LogP contribution in [0.4, 0.5) is 4.39 Å². The lowest BCUT2D eigenvalue weighted by Crippen LogP contribution is -2.08. The van der Waals surface area contributed by atoms with E-state index in [-0.39, 0.29) is 0 Å². The molecular weight excluding hydrogens is 471 g/mol. The number of aromatic nitrogens is 2. The SMILES string of the molecule is CCCCCCCCCCCc1ccc(-c2ncc(OCCC(F)CCCC(C)CCCCC)cn2)cc1. The van der Waals surface area contributed by atoms with Gasteiger partial charge in [0.2, 0.25) is 0 Å². The number of halogens is 1. The monoisotopic (exact) mass is 526 g/mol. The molecule has 3 nitrogen and oxygen atoms in total. The minimum atomic E-state index is -0.799. The molecule has 4 heteroatoms. The predicted molar refractivity (Wildman–Crippen MR) is 161 cm³/mol. The molecule has 0 fully saturated rings. The van der Waals surface area contributed by atoms with Gasteiger partial charge >= 0.3 is 0 Å². The normalized spacial score (nSPS) is 12.9. The van der Waals surface area contributed by atoms with Crippen LogP contribution >= 0.6 is 0 Å². The molecule has 2 atom stereocenters. The molecule has 0 amide bonds. The van der Waals surface area contributed by atoms with Crippen LogP contribution in [-0.2, 0) is 6.42 Å². The maximum absolute atomic E-state index is 14.3. The number of alkyl halides is 1. The van der Waals surface area contributed by atoms with E-state index in [4.69, 9.17) is 4.74 Å². The molecule has 38 heavy (non-hydrogen) atoms. The highest BCUT2D eigenvalue weighted by Crippen LogP contribution is 2.21. The topological polar surface area (TPSA) is 35.0 Å². The quantitative estimate of drug-likeness (QED) is 0.135. The Bertz CT molecular complexity index is 808. The van der Waals surface area contributed by atoms with Gasteiger partial charge in [-0.05, 0) is 30.7 Å². The van der Waals surface area contributed by atoms with E-state index in [0.717, 1.165) is 24.8 Å². The van der Waals surface area contributed by atoms with Gasteiger partial charge < -0.3 is 4.74 Å². The summed E-state index contributed by atoms with van der Waals surface area (Å²) in [5, 5.41) is 0. The summed E-state index contributed by atoms with van der Waals surface area (Å²) >= 11 is 0. The van der Waals surface area contributed by atoms with Crippen LogP contribution in [-0.4, -0.2) is 22.7 Å². The van der Waals surface area contributed by atoms with Crippen LogP contribution in [0.2, 0.25) is 0 Å². The maximum atomic E-state index is 14.3. The third-order valence-corrected chi connectivity index (χ3v) is 7.62. The van der Waals surface area contributed by atoms with Crippen molar-refractivity contribution in [2.75, 3.05) is 6.61 Å². The van der Waals surface area contributed by atoms with Gasteiger partial charge in [-0.1, -0.05) is 135 Å². The van der Waals surface area contributed by atoms with Crippen LogP contribution in [0.3, 0.4) is 0 Å². The predicted octanol–water partition coefficient (Wildman–Crippen LogP) is 10.7. The van der Waals surface area contributed by atoms with Crippen LogP contribution < -0.4 is 4.74 Å². The molecule has 0 aliphatic heterocycles. The minimum absolute atomic E-state index is 0.365. The Balaban J connectivity index is 1.59. The van der Waals surface area contributed by atoms with E-state index in [9.17, 15) is 4.39 Å². The molecule has 0 aliphatic carbocycles. The van der Waals surface area contributed by atoms with Crippen molar-refractivity contribution in [3.05, 3.63) is 42.2 Å². The summed E-state index contributed by atoms with van der Waals surface area (Å²) in [6.45, 7) is 7.17. The fourth-order valence-electron chi connectivity index (χ4n) is 5.02. The first-order chi connectivity index (χ1) is 18.6. The Kier molecular flexibility index (Phi) is 17.8. The molecule has 0 spiro atoms. The Morgan fingerprint density at radius 2 is 1.26 bits per heavy atom. The average Bonchev–Trinajstić information content (AvgIpc) is 2.93. The zero-order chi connectivity index (χ0) is 27.3. The van der Waals surface area contributed by atoms with Gasteiger partial charge in [0.05, 0.1) is 19.0 Å². The number of unbranched alkanes of at least 4 members (excludes halogenated alkanes) is 10. The van der Waals surface area contributed by atoms with Crippen LogP contribution in [0.1, 0.15) is 135 Å². The summed E-state index contributed by atoms with van der Waals surface area (Å²) in [7, 11) is 0. The van der Waals surface area contributed by atoms with Gasteiger partial charge in [-0.15, -0.1) is 0 Å². The van der Waals surface area contributed by atoms with E-state index < -0.39 is 6.17 Å². The third-order valence-electron chi connectivity index (χ3n) is 7.62. The number of benzene rings is 1. The highest BCUT2D eigenvalue weighted by atomic mass is 19.1. The first kappa shape index (κ1) is 32.2. The van der Waals surface area contributed by atoms with E-state index in [1.165, 1.54) is 89.0 Å². The molecule has 0 bridgehead atoms. The summed E-state index contributed by atoms with van der Waals surface area (Å²) in [6.07, 6.45) is 24.3. The molecule has 1 heterocycles. The molecule has 214 valence electrons. The Labute approximate surface area is 233 Å². The van der Waals surface area contributed by atoms with Gasteiger partial charge in [-0.2, -0.15) is 0 Å². The van der Waals surface area contributed by atoms with E-state index in [1.807, 2.05) is 0 Å². The summed E-state index contributed by atoms with van der Waals surface area (Å²) in [5.41, 5.74) is 2.39. The van der Waals surface area contributed by atoms with Crippen molar-refractivity contribution < 1.29 is 9.13 Å². The second-order valence-electron chi connectivity index (χ2n) is 11.3. The molecule has 0 saturated carbocycles. The number of rotatable bonds is 23. The smallest absolute Gasteiger partial charge is 0.159 e. The molecule has 2 rings (SSSR count). The van der Waals surface area contributed by atoms with E-state index in [2.05, 4.69) is 55.0 Å². The number of ether oxygens (including phenoxy) is 1. The van der Waals surface area contributed by atoms with Gasteiger partial charge in [-0.3, -0.25) is 0 Å². The zero-order valence-corrected chi connectivity index (χ0v) is 24.7. The lowest BCUT2D eigenvalue weighted by molar-refractivity contribution is 0.219. The van der Waals surface area contributed by atoms with Crippen LogP contribution in [0.15, 0.2) is 36.7 Å². The van der Waals surface area contributed by atoms with Gasteiger partial charge in [-0.25, -0.2) is 14.4 Å². The zero-order valence-electron chi connectivity index (χ0n) is 24.7. The van der Waals surface area contributed by atoms with Crippen molar-refractivity contribution in [3.8, 4) is 17.1 Å². The lowest BCUT2D eigenvalue weighted by atomic mass is 9.96. The second-order valence-corrected chi connectivity index (χ2v) is 11.3. The minimum Gasteiger partial charge on any atom is -0.490 e. The van der Waals surface area contributed by atoms with Gasteiger partial charge in [0.1, 0.15) is 6.17 Å². The first-order valence-electron chi connectivity index (χ1n) is 15.8. The van der Waals surface area contributed by atoms with Crippen molar-refractivity contribution in [1.29, 1.82) is 0 Å². The largest absolute Gasteiger partial charge is 0.490 e. The van der Waals surface area contributed by atoms with Crippen LogP contribution in [0.25, 0.3) is 11.4 Å². The third kappa shape index (κ3) is 14.8. The van der Waals surface area contributed by atoms with Gasteiger partial charge in [0.15, 0.2) is 11.6 Å². The Morgan fingerprint density at radius 3 is 1.92 bits per heavy atom. The Hall–Kier alpha value is -1.97. The molecule has 1 aromatic carbocycles. The summed E-state index contributed by atoms with van der Waals surface area (Å²) < 4.78 is 20.0. The van der Waals surface area contributed by atoms with Crippen molar-refractivity contribution in [2.24, 2.45) is 5.92 Å². The summed E-state index contributed by atoms with van der Waals surface area (Å²) in [6, 6.07) is 8.61. The van der Waals surface area contributed by atoms with Crippen molar-refractivity contribution in [3.63, 3.8) is 0 Å². The highest BCUT2D eigenvalue weighted by molar-refractivity contribution is 5.55. The van der Waals surface area contributed by atoms with Crippen LogP contribution in [0, 0.1) is 5.92 Å². The van der Waals surface area contributed by atoms with E-state index in [0.29, 0.717) is 36.9 Å². The van der Waals surface area contributed by atoms with Gasteiger partial charge in [0.25, 0.3) is 0 Å². The first-order valence-corrected chi connectivity index (χ1v) is 15.8. The molecule has 2 aromatic rings. The molecule has 1 aromatic heterocycles. The molecule has 2 unspecified atom stereocenters. The van der Waals surface area contributed by atoms with Crippen molar-refractivity contribution in [1.82, 2.24) is 9.97 Å². The molecule has 0 saturated heterocycles. The number of aryl methyl sites for hydroxylation is 1. The lowest BCUT2D eigenvalue weighted by Gasteiger charge is -2.13.